The number of aromatic nitrogens is 1. The van der Waals surface area contributed by atoms with Crippen molar-refractivity contribution in [1.82, 2.24) is 4.98 Å². The molecular formula is C10H18N2S. The molecule has 0 fully saturated rings. The zero-order valence-corrected chi connectivity index (χ0v) is 9.66. The quantitative estimate of drug-likeness (QED) is 0.791. The number of nitrogens with two attached hydrogens (primary N) is 1. The van der Waals surface area contributed by atoms with Gasteiger partial charge in [-0.3, -0.25) is 0 Å². The van der Waals surface area contributed by atoms with Crippen LogP contribution in [0.15, 0.2) is 0 Å². The van der Waals surface area contributed by atoms with Crippen molar-refractivity contribution in [1.29, 1.82) is 0 Å². The lowest BCUT2D eigenvalue weighted by Gasteiger charge is -2.16. The molecule has 0 aliphatic rings. The topological polar surface area (TPSA) is 38.9 Å². The van der Waals surface area contributed by atoms with Gasteiger partial charge in [0.05, 0.1) is 10.7 Å². The molecule has 0 amide bonds. The predicted octanol–water partition coefficient (Wildman–Crippen LogP) is 2.25. The van der Waals surface area contributed by atoms with E-state index in [0.29, 0.717) is 6.54 Å². The zero-order valence-electron chi connectivity index (χ0n) is 8.85. The van der Waals surface area contributed by atoms with Crippen LogP contribution >= 0.6 is 11.3 Å². The Balaban J connectivity index is 2.96. The van der Waals surface area contributed by atoms with Crippen LogP contribution in [0.2, 0.25) is 0 Å². The average Bonchev–Trinajstić information content (AvgIpc) is 2.30. The molecule has 1 heterocycles. The first-order chi connectivity index (χ1) is 5.95. The summed E-state index contributed by atoms with van der Waals surface area (Å²) in [6.45, 7) is 9.42. The molecule has 0 aromatic carbocycles. The van der Waals surface area contributed by atoms with Crippen molar-refractivity contribution < 1.29 is 0 Å². The average molecular weight is 198 g/mol. The van der Waals surface area contributed by atoms with E-state index in [-0.39, 0.29) is 5.41 Å². The van der Waals surface area contributed by atoms with Gasteiger partial charge >= 0.3 is 0 Å². The Bertz CT molecular complexity index is 284. The molecule has 0 spiro atoms. The molecule has 0 aliphatic heterocycles. The van der Waals surface area contributed by atoms with Gasteiger partial charge < -0.3 is 5.73 Å². The minimum absolute atomic E-state index is 0.160. The fourth-order valence-corrected chi connectivity index (χ4v) is 2.54. The molecular weight excluding hydrogens is 180 g/mol. The van der Waals surface area contributed by atoms with Gasteiger partial charge in [-0.25, -0.2) is 4.98 Å². The lowest BCUT2D eigenvalue weighted by atomic mass is 9.91. The molecule has 0 atom stereocenters. The van der Waals surface area contributed by atoms with E-state index in [2.05, 4.69) is 32.7 Å². The van der Waals surface area contributed by atoms with Gasteiger partial charge in [0, 0.05) is 16.7 Å². The zero-order chi connectivity index (χ0) is 10.1. The van der Waals surface area contributed by atoms with Crippen LogP contribution in [0, 0.1) is 6.92 Å². The maximum absolute atomic E-state index is 5.50. The molecule has 74 valence electrons. The molecule has 0 saturated carbocycles. The van der Waals surface area contributed by atoms with E-state index in [1.54, 1.807) is 11.3 Å². The van der Waals surface area contributed by atoms with Gasteiger partial charge in [-0.1, -0.05) is 20.8 Å². The third kappa shape index (κ3) is 2.51. The van der Waals surface area contributed by atoms with E-state index >= 15 is 0 Å². The highest BCUT2D eigenvalue weighted by atomic mass is 32.1. The van der Waals surface area contributed by atoms with Crippen LogP contribution in [0.5, 0.6) is 0 Å². The summed E-state index contributed by atoms with van der Waals surface area (Å²) in [7, 11) is 0. The van der Waals surface area contributed by atoms with E-state index in [4.69, 9.17) is 5.73 Å². The Morgan fingerprint density at radius 1 is 1.38 bits per heavy atom. The molecule has 1 rings (SSSR count). The van der Waals surface area contributed by atoms with Gasteiger partial charge in [0.15, 0.2) is 0 Å². The van der Waals surface area contributed by atoms with Crippen LogP contribution in [0.25, 0.3) is 0 Å². The Hall–Kier alpha value is -0.410. The first-order valence-electron chi connectivity index (χ1n) is 4.62. The fraction of sp³-hybridized carbons (Fsp3) is 0.700. The second-order valence-corrected chi connectivity index (χ2v) is 5.59. The normalized spacial score (nSPS) is 12.1. The lowest BCUT2D eigenvalue weighted by molar-refractivity contribution is 0.567. The summed E-state index contributed by atoms with van der Waals surface area (Å²) < 4.78 is 0. The third-order valence-electron chi connectivity index (χ3n) is 1.91. The standard InChI is InChI=1S/C10H18N2S/c1-7-9(10(2,3)4)12-8(13-7)5-6-11/h5-6,11H2,1-4H3. The Morgan fingerprint density at radius 2 is 2.00 bits per heavy atom. The molecule has 0 radical (unpaired) electrons. The highest BCUT2D eigenvalue weighted by Gasteiger charge is 2.20. The number of hydrogen-bond donors (Lipinski definition) is 1. The Morgan fingerprint density at radius 3 is 2.38 bits per heavy atom. The van der Waals surface area contributed by atoms with E-state index in [1.165, 1.54) is 15.6 Å². The molecule has 1 aromatic rings. The molecule has 13 heavy (non-hydrogen) atoms. The van der Waals surface area contributed by atoms with Crippen LogP contribution in [0.3, 0.4) is 0 Å². The van der Waals surface area contributed by atoms with Crippen molar-refractivity contribution >= 4 is 11.3 Å². The summed E-state index contributed by atoms with van der Waals surface area (Å²) >= 11 is 1.77. The second-order valence-electron chi connectivity index (χ2n) is 4.30. The van der Waals surface area contributed by atoms with E-state index in [9.17, 15) is 0 Å². The molecule has 2 nitrogen and oxygen atoms in total. The van der Waals surface area contributed by atoms with Crippen LogP contribution in [-0.2, 0) is 11.8 Å². The number of nitrogens with zero attached hydrogens (tertiary/aromatic N) is 1. The second kappa shape index (κ2) is 3.76. The number of thiazole rings is 1. The van der Waals surface area contributed by atoms with Crippen molar-refractivity contribution in [2.24, 2.45) is 5.73 Å². The van der Waals surface area contributed by atoms with E-state index < -0.39 is 0 Å². The van der Waals surface area contributed by atoms with Crippen LogP contribution in [-0.4, -0.2) is 11.5 Å². The Labute approximate surface area is 84.2 Å². The minimum Gasteiger partial charge on any atom is -0.330 e. The summed E-state index contributed by atoms with van der Waals surface area (Å²) in [6.07, 6.45) is 0.904. The van der Waals surface area contributed by atoms with Gasteiger partial charge in [-0.15, -0.1) is 11.3 Å². The van der Waals surface area contributed by atoms with E-state index in [0.717, 1.165) is 6.42 Å². The van der Waals surface area contributed by atoms with Crippen molar-refractivity contribution in [3.05, 3.63) is 15.6 Å². The maximum Gasteiger partial charge on any atom is 0.0943 e. The van der Waals surface area contributed by atoms with Gasteiger partial charge in [0.1, 0.15) is 0 Å². The number of hydrogen-bond acceptors (Lipinski definition) is 3. The number of aryl methyl sites for hydroxylation is 1. The monoisotopic (exact) mass is 198 g/mol. The molecule has 3 heteroatoms. The first kappa shape index (κ1) is 10.7. The van der Waals surface area contributed by atoms with E-state index in [1.807, 2.05) is 0 Å². The van der Waals surface area contributed by atoms with Crippen LogP contribution < -0.4 is 5.73 Å². The summed E-state index contributed by atoms with van der Waals surface area (Å²) in [5.74, 6) is 0. The fourth-order valence-electron chi connectivity index (χ4n) is 1.38. The maximum atomic E-state index is 5.50. The molecule has 0 bridgehead atoms. The molecule has 2 N–H and O–H groups in total. The largest absolute Gasteiger partial charge is 0.330 e. The van der Waals surface area contributed by atoms with Crippen molar-refractivity contribution in [3.63, 3.8) is 0 Å². The van der Waals surface area contributed by atoms with Crippen LogP contribution in [0.1, 0.15) is 36.3 Å². The SMILES string of the molecule is Cc1sc(CCN)nc1C(C)(C)C. The summed E-state index contributed by atoms with van der Waals surface area (Å²) in [5.41, 5.74) is 6.88. The van der Waals surface area contributed by atoms with Gasteiger partial charge in [-0.05, 0) is 13.5 Å². The van der Waals surface area contributed by atoms with Gasteiger partial charge in [-0.2, -0.15) is 0 Å². The lowest BCUT2D eigenvalue weighted by Crippen LogP contribution is -2.13. The smallest absolute Gasteiger partial charge is 0.0943 e. The summed E-state index contributed by atoms with van der Waals surface area (Å²) in [5, 5.41) is 1.17. The Kier molecular flexibility index (Phi) is 3.09. The minimum atomic E-state index is 0.160. The molecule has 0 aliphatic carbocycles. The first-order valence-corrected chi connectivity index (χ1v) is 5.43. The highest BCUT2D eigenvalue weighted by Crippen LogP contribution is 2.28. The predicted molar refractivity (Wildman–Crippen MR) is 58.3 cm³/mol. The van der Waals surface area contributed by atoms with Crippen molar-refractivity contribution in [3.8, 4) is 0 Å². The van der Waals surface area contributed by atoms with Crippen LogP contribution in [0.4, 0.5) is 0 Å². The summed E-state index contributed by atoms with van der Waals surface area (Å²) in [6, 6.07) is 0. The van der Waals surface area contributed by atoms with Gasteiger partial charge in [0.25, 0.3) is 0 Å². The number of rotatable bonds is 2. The highest BCUT2D eigenvalue weighted by molar-refractivity contribution is 7.11. The molecule has 0 saturated heterocycles. The van der Waals surface area contributed by atoms with Crippen molar-refractivity contribution in [2.45, 2.75) is 39.5 Å². The third-order valence-corrected chi connectivity index (χ3v) is 2.94. The summed E-state index contributed by atoms with van der Waals surface area (Å²) in [4.78, 5) is 5.94. The molecule has 1 aromatic heterocycles. The van der Waals surface area contributed by atoms with Crippen molar-refractivity contribution in [2.75, 3.05) is 6.54 Å². The molecule has 0 unspecified atom stereocenters. The van der Waals surface area contributed by atoms with Gasteiger partial charge in [0.2, 0.25) is 0 Å².